The summed E-state index contributed by atoms with van der Waals surface area (Å²) in [6.45, 7) is 13.1. The van der Waals surface area contributed by atoms with E-state index in [0.717, 1.165) is 35.3 Å². The number of aliphatic hydroxyl groups is 1. The van der Waals surface area contributed by atoms with E-state index in [0.29, 0.717) is 38.3 Å². The smallest absolute Gasteiger partial charge is 0.243 e. The third kappa shape index (κ3) is 8.37. The number of carbonyl (C=O) groups is 2. The third-order valence-corrected chi connectivity index (χ3v) is 8.72. The van der Waals surface area contributed by atoms with Gasteiger partial charge in [-0.15, -0.1) is 13.2 Å². The molecule has 1 heterocycles. The molecule has 8 heteroatoms. The van der Waals surface area contributed by atoms with Gasteiger partial charge in [-0.25, -0.2) is 0 Å². The van der Waals surface area contributed by atoms with Gasteiger partial charge in [-0.3, -0.25) is 9.59 Å². The highest BCUT2D eigenvalue weighted by atomic mass is 16.5. The lowest BCUT2D eigenvalue weighted by atomic mass is 9.96. The molecule has 0 saturated carbocycles. The summed E-state index contributed by atoms with van der Waals surface area (Å²) in [6.07, 6.45) is 5.50. The van der Waals surface area contributed by atoms with E-state index in [9.17, 15) is 14.7 Å². The van der Waals surface area contributed by atoms with E-state index < -0.39 is 18.2 Å². The molecule has 1 saturated heterocycles. The largest absolute Gasteiger partial charge is 0.497 e. The van der Waals surface area contributed by atoms with Crippen LogP contribution in [-0.4, -0.2) is 66.8 Å². The van der Waals surface area contributed by atoms with Crippen molar-refractivity contribution in [1.82, 2.24) is 15.5 Å². The van der Waals surface area contributed by atoms with Crippen LogP contribution in [0.1, 0.15) is 68.4 Å². The summed E-state index contributed by atoms with van der Waals surface area (Å²) in [5.74, 6) is 0.876. The number of hydrogen-bond donors (Lipinski definition) is 3. The third-order valence-electron chi connectivity index (χ3n) is 8.72. The van der Waals surface area contributed by atoms with Crippen molar-refractivity contribution in [2.45, 2.75) is 76.3 Å². The van der Waals surface area contributed by atoms with E-state index in [-0.39, 0.29) is 36.4 Å². The Balaban J connectivity index is 1.49. The molecule has 0 spiro atoms. The summed E-state index contributed by atoms with van der Waals surface area (Å²) in [7, 11) is 1.64. The number of carbonyl (C=O) groups excluding carboxylic acids is 2. The first-order valence-electron chi connectivity index (χ1n) is 15.8. The molecule has 238 valence electrons. The molecular formula is C36H49N3O5. The topological polar surface area (TPSA) is 100 Å². The summed E-state index contributed by atoms with van der Waals surface area (Å²) < 4.78 is 11.5. The van der Waals surface area contributed by atoms with E-state index in [1.807, 2.05) is 48.5 Å². The minimum absolute atomic E-state index is 0.0334. The molecule has 0 radical (unpaired) electrons. The van der Waals surface area contributed by atoms with E-state index in [1.54, 1.807) is 24.2 Å². The predicted molar refractivity (Wildman–Crippen MR) is 173 cm³/mol. The lowest BCUT2D eigenvalue weighted by Gasteiger charge is -2.31. The zero-order valence-corrected chi connectivity index (χ0v) is 26.4. The summed E-state index contributed by atoms with van der Waals surface area (Å²) in [5, 5.41) is 18.2. The molecule has 44 heavy (non-hydrogen) atoms. The van der Waals surface area contributed by atoms with E-state index in [2.05, 4.69) is 37.6 Å². The maximum absolute atomic E-state index is 13.8. The highest BCUT2D eigenvalue weighted by molar-refractivity contribution is 5.90. The fourth-order valence-corrected chi connectivity index (χ4v) is 6.51. The van der Waals surface area contributed by atoms with Crippen molar-refractivity contribution in [3.63, 3.8) is 0 Å². The summed E-state index contributed by atoms with van der Waals surface area (Å²) in [6, 6.07) is 14.5. The number of likely N-dealkylation sites (tertiary alicyclic amines) is 1. The number of fused-ring (bicyclic) bond motifs is 1. The van der Waals surface area contributed by atoms with Crippen molar-refractivity contribution in [2.24, 2.45) is 11.8 Å². The average Bonchev–Trinajstić information content (AvgIpc) is 3.55. The number of ether oxygens (including phenoxy) is 2. The molecule has 0 bridgehead atoms. The maximum Gasteiger partial charge on any atom is 0.243 e. The quantitative estimate of drug-likeness (QED) is 0.223. The Labute approximate surface area is 262 Å². The molecule has 1 aliphatic heterocycles. The SMILES string of the molecule is C=CCO[C@@H]1C[C@H](NC[C@H](O)[C@H](Cc2ccccc2)NC(=O)[C@H](CC=C)N2CC[C@H](CC(C)C)C2=O)c2cc(OC)ccc21. The second-order valence-electron chi connectivity index (χ2n) is 12.4. The molecule has 2 aromatic rings. The van der Waals surface area contributed by atoms with Gasteiger partial charge in [0.15, 0.2) is 0 Å². The Morgan fingerprint density at radius 2 is 1.91 bits per heavy atom. The van der Waals surface area contributed by atoms with Crippen LogP contribution in [0.4, 0.5) is 0 Å². The van der Waals surface area contributed by atoms with Crippen molar-refractivity contribution in [2.75, 3.05) is 26.8 Å². The summed E-state index contributed by atoms with van der Waals surface area (Å²) in [5.41, 5.74) is 3.16. The number of methoxy groups -OCH3 is 1. The molecule has 4 rings (SSSR count). The molecule has 2 amide bonds. The molecule has 8 nitrogen and oxygen atoms in total. The van der Waals surface area contributed by atoms with Crippen LogP contribution < -0.4 is 15.4 Å². The fourth-order valence-electron chi connectivity index (χ4n) is 6.51. The number of amides is 2. The Morgan fingerprint density at radius 3 is 2.59 bits per heavy atom. The average molecular weight is 604 g/mol. The van der Waals surface area contributed by atoms with Crippen molar-refractivity contribution < 1.29 is 24.2 Å². The van der Waals surface area contributed by atoms with Crippen LogP contribution in [-0.2, 0) is 20.7 Å². The Kier molecular flexibility index (Phi) is 12.2. The van der Waals surface area contributed by atoms with Gasteiger partial charge in [0.25, 0.3) is 0 Å². The molecule has 2 aromatic carbocycles. The minimum Gasteiger partial charge on any atom is -0.497 e. The van der Waals surface area contributed by atoms with Crippen molar-refractivity contribution in [3.8, 4) is 5.75 Å². The second kappa shape index (κ2) is 16.0. The number of rotatable bonds is 17. The molecule has 6 atom stereocenters. The van der Waals surface area contributed by atoms with Crippen molar-refractivity contribution in [1.29, 1.82) is 0 Å². The van der Waals surface area contributed by atoms with Gasteiger partial charge in [0.05, 0.1) is 32.0 Å². The fraction of sp³-hybridized carbons (Fsp3) is 0.500. The van der Waals surface area contributed by atoms with Crippen molar-refractivity contribution in [3.05, 3.63) is 90.5 Å². The van der Waals surface area contributed by atoms with Gasteiger partial charge in [-0.05, 0) is 66.8 Å². The molecule has 0 aromatic heterocycles. The first-order valence-corrected chi connectivity index (χ1v) is 15.8. The first kappa shape index (κ1) is 33.4. The molecule has 3 N–H and O–H groups in total. The summed E-state index contributed by atoms with van der Waals surface area (Å²) >= 11 is 0. The Morgan fingerprint density at radius 1 is 1.14 bits per heavy atom. The van der Waals surface area contributed by atoms with E-state index in [4.69, 9.17) is 9.47 Å². The number of hydrogen-bond acceptors (Lipinski definition) is 6. The zero-order chi connectivity index (χ0) is 31.6. The lowest BCUT2D eigenvalue weighted by molar-refractivity contribution is -0.140. The molecule has 0 unspecified atom stereocenters. The standard InChI is InChI=1S/C36H49N3O5/c1-6-11-32(39-17-16-26(36(39)42)19-24(3)4)35(41)38-31(20-25-12-9-8-10-13-25)33(40)23-37-30-22-34(44-18-7-2)28-15-14-27(43-5)21-29(28)30/h6-10,12-15,21,24,26,30-34,37,40H,1-2,11,16-20,22-23H2,3-5H3,(H,38,41)/t26-,30+,31+,32+,33+,34-/m1/s1. The molecular weight excluding hydrogens is 554 g/mol. The minimum atomic E-state index is -0.895. The van der Waals surface area contributed by atoms with Crippen LogP contribution in [0, 0.1) is 11.8 Å². The van der Waals surface area contributed by atoms with Crippen LogP contribution >= 0.6 is 0 Å². The molecule has 1 aliphatic carbocycles. The second-order valence-corrected chi connectivity index (χ2v) is 12.4. The first-order chi connectivity index (χ1) is 21.2. The Bertz CT molecular complexity index is 1270. The van der Waals surface area contributed by atoms with Gasteiger partial charge >= 0.3 is 0 Å². The molecule has 1 fully saturated rings. The van der Waals surface area contributed by atoms with Crippen LogP contribution in [0.2, 0.25) is 0 Å². The highest BCUT2D eigenvalue weighted by Crippen LogP contribution is 2.42. The number of nitrogens with zero attached hydrogens (tertiary/aromatic N) is 1. The normalized spacial score (nSPS) is 21.5. The van der Waals surface area contributed by atoms with Crippen LogP contribution in [0.5, 0.6) is 5.75 Å². The number of benzene rings is 2. The van der Waals surface area contributed by atoms with E-state index >= 15 is 0 Å². The van der Waals surface area contributed by atoms with Crippen LogP contribution in [0.25, 0.3) is 0 Å². The zero-order valence-electron chi connectivity index (χ0n) is 26.4. The number of aliphatic hydroxyl groups excluding tert-OH is 1. The summed E-state index contributed by atoms with van der Waals surface area (Å²) in [4.78, 5) is 28.8. The van der Waals surface area contributed by atoms with Crippen molar-refractivity contribution >= 4 is 11.8 Å². The van der Waals surface area contributed by atoms with Crippen LogP contribution in [0.3, 0.4) is 0 Å². The predicted octanol–water partition coefficient (Wildman–Crippen LogP) is 4.90. The van der Waals surface area contributed by atoms with Gasteiger partial charge in [-0.2, -0.15) is 0 Å². The van der Waals surface area contributed by atoms with E-state index in [1.165, 1.54) is 0 Å². The highest BCUT2D eigenvalue weighted by Gasteiger charge is 2.39. The van der Waals surface area contributed by atoms with Gasteiger partial charge < -0.3 is 30.1 Å². The van der Waals surface area contributed by atoms with Crippen LogP contribution in [0.15, 0.2) is 73.8 Å². The number of nitrogens with one attached hydrogen (secondary N) is 2. The monoisotopic (exact) mass is 603 g/mol. The Hall–Kier alpha value is -3.46. The maximum atomic E-state index is 13.8. The van der Waals surface area contributed by atoms with Gasteiger partial charge in [0.1, 0.15) is 11.8 Å². The van der Waals surface area contributed by atoms with Gasteiger partial charge in [0, 0.05) is 25.0 Å². The van der Waals surface area contributed by atoms with Gasteiger partial charge in [-0.1, -0.05) is 62.4 Å². The van der Waals surface area contributed by atoms with Gasteiger partial charge in [0.2, 0.25) is 11.8 Å². The molecule has 2 aliphatic rings. The lowest BCUT2D eigenvalue weighted by Crippen LogP contribution is -2.55.